The summed E-state index contributed by atoms with van der Waals surface area (Å²) in [7, 11) is 0. The Morgan fingerprint density at radius 1 is 0.920 bits per heavy atom. The topological polar surface area (TPSA) is 66.4 Å². The van der Waals surface area contributed by atoms with E-state index in [1.807, 2.05) is 0 Å². The average molecular weight is 345 g/mol. The second-order valence-electron chi connectivity index (χ2n) is 6.35. The van der Waals surface area contributed by atoms with Crippen molar-refractivity contribution in [2.24, 2.45) is 0 Å². The lowest BCUT2D eigenvalue weighted by Crippen LogP contribution is -2.11. The SMILES string of the molecule is CCCC/C=C\CCCCCCCC(=O)Nc1ccc(C(=O)O)cc1. The Bertz CT molecular complexity index is 535. The Balaban J connectivity index is 2.03. The molecule has 138 valence electrons. The van der Waals surface area contributed by atoms with E-state index in [4.69, 9.17) is 5.11 Å². The average Bonchev–Trinajstić information content (AvgIpc) is 2.60. The zero-order valence-electron chi connectivity index (χ0n) is 15.3. The number of hydrogen-bond acceptors (Lipinski definition) is 2. The fourth-order valence-corrected chi connectivity index (χ4v) is 2.56. The molecule has 1 amide bonds. The molecule has 0 fully saturated rings. The number of carbonyl (C=O) groups excluding carboxylic acids is 1. The lowest BCUT2D eigenvalue weighted by atomic mass is 10.1. The van der Waals surface area contributed by atoms with Crippen LogP contribution in [0, 0.1) is 0 Å². The minimum atomic E-state index is -0.964. The number of aromatic carboxylic acids is 1. The van der Waals surface area contributed by atoms with Gasteiger partial charge in [0.1, 0.15) is 0 Å². The van der Waals surface area contributed by atoms with E-state index < -0.39 is 5.97 Å². The zero-order valence-corrected chi connectivity index (χ0v) is 15.3. The number of carboxylic acids is 1. The van der Waals surface area contributed by atoms with Crippen molar-refractivity contribution in [1.29, 1.82) is 0 Å². The van der Waals surface area contributed by atoms with E-state index in [-0.39, 0.29) is 11.5 Å². The first kappa shape index (κ1) is 20.9. The number of allylic oxidation sites excluding steroid dienone is 2. The molecule has 0 spiro atoms. The van der Waals surface area contributed by atoms with Crippen LogP contribution >= 0.6 is 0 Å². The van der Waals surface area contributed by atoms with Crippen LogP contribution in [0.5, 0.6) is 0 Å². The molecule has 0 saturated carbocycles. The molecule has 4 nitrogen and oxygen atoms in total. The van der Waals surface area contributed by atoms with E-state index in [2.05, 4.69) is 24.4 Å². The van der Waals surface area contributed by atoms with Crippen LogP contribution in [0.4, 0.5) is 5.69 Å². The number of nitrogens with one attached hydrogen (secondary N) is 1. The Labute approximate surface area is 151 Å². The lowest BCUT2D eigenvalue weighted by Gasteiger charge is -2.05. The van der Waals surface area contributed by atoms with Gasteiger partial charge in [-0.2, -0.15) is 0 Å². The second kappa shape index (κ2) is 13.2. The summed E-state index contributed by atoms with van der Waals surface area (Å²) in [5, 5.41) is 11.6. The number of amides is 1. The second-order valence-corrected chi connectivity index (χ2v) is 6.35. The van der Waals surface area contributed by atoms with Gasteiger partial charge in [-0.15, -0.1) is 0 Å². The first-order valence-electron chi connectivity index (χ1n) is 9.41. The normalized spacial score (nSPS) is 10.9. The summed E-state index contributed by atoms with van der Waals surface area (Å²) in [5.74, 6) is -0.976. The van der Waals surface area contributed by atoms with Gasteiger partial charge >= 0.3 is 5.97 Å². The van der Waals surface area contributed by atoms with Crippen LogP contribution in [0.3, 0.4) is 0 Å². The summed E-state index contributed by atoms with van der Waals surface area (Å²) in [6, 6.07) is 6.23. The van der Waals surface area contributed by atoms with Crippen molar-refractivity contribution < 1.29 is 14.7 Å². The van der Waals surface area contributed by atoms with Crippen LogP contribution in [0.2, 0.25) is 0 Å². The lowest BCUT2D eigenvalue weighted by molar-refractivity contribution is -0.116. The number of benzene rings is 1. The van der Waals surface area contributed by atoms with E-state index in [0.717, 1.165) is 19.3 Å². The summed E-state index contributed by atoms with van der Waals surface area (Å²) >= 11 is 0. The van der Waals surface area contributed by atoms with Gasteiger partial charge < -0.3 is 10.4 Å². The molecule has 0 radical (unpaired) electrons. The fraction of sp³-hybridized carbons (Fsp3) is 0.524. The van der Waals surface area contributed by atoms with Gasteiger partial charge in [-0.3, -0.25) is 4.79 Å². The molecular formula is C21H31NO3. The van der Waals surface area contributed by atoms with Crippen LogP contribution in [0.15, 0.2) is 36.4 Å². The summed E-state index contributed by atoms with van der Waals surface area (Å²) in [4.78, 5) is 22.6. The van der Waals surface area contributed by atoms with E-state index in [9.17, 15) is 9.59 Å². The molecule has 0 bridgehead atoms. The predicted molar refractivity (Wildman–Crippen MR) is 103 cm³/mol. The molecule has 0 aliphatic heterocycles. The van der Waals surface area contributed by atoms with Crippen molar-refractivity contribution in [3.05, 3.63) is 42.0 Å². The van der Waals surface area contributed by atoms with Gasteiger partial charge in [0.25, 0.3) is 0 Å². The number of anilines is 1. The van der Waals surface area contributed by atoms with Crippen molar-refractivity contribution in [3.63, 3.8) is 0 Å². The molecule has 0 aliphatic carbocycles. The zero-order chi connectivity index (χ0) is 18.3. The van der Waals surface area contributed by atoms with Crippen molar-refractivity contribution in [2.45, 2.75) is 71.1 Å². The highest BCUT2D eigenvalue weighted by Crippen LogP contribution is 2.12. The smallest absolute Gasteiger partial charge is 0.335 e. The van der Waals surface area contributed by atoms with Crippen molar-refractivity contribution >= 4 is 17.6 Å². The molecule has 0 atom stereocenters. The highest BCUT2D eigenvalue weighted by molar-refractivity contribution is 5.92. The third-order valence-corrected chi connectivity index (χ3v) is 4.08. The van der Waals surface area contributed by atoms with Gasteiger partial charge in [0.2, 0.25) is 5.91 Å². The number of carboxylic acid groups (broad SMARTS) is 1. The van der Waals surface area contributed by atoms with Gasteiger partial charge in [-0.05, 0) is 49.9 Å². The van der Waals surface area contributed by atoms with Crippen molar-refractivity contribution in [3.8, 4) is 0 Å². The molecular weight excluding hydrogens is 314 g/mol. The molecule has 1 aromatic carbocycles. The predicted octanol–water partition coefficient (Wildman–Crippen LogP) is 5.80. The Morgan fingerprint density at radius 2 is 1.52 bits per heavy atom. The maximum Gasteiger partial charge on any atom is 0.335 e. The minimum absolute atomic E-state index is 0.0121. The van der Waals surface area contributed by atoms with Crippen LogP contribution in [-0.2, 0) is 4.79 Å². The number of carbonyl (C=O) groups is 2. The fourth-order valence-electron chi connectivity index (χ4n) is 2.56. The molecule has 25 heavy (non-hydrogen) atoms. The summed E-state index contributed by atoms with van der Waals surface area (Å²) in [6.45, 7) is 2.21. The van der Waals surface area contributed by atoms with E-state index in [0.29, 0.717) is 12.1 Å². The molecule has 1 rings (SSSR count). The van der Waals surface area contributed by atoms with Gasteiger partial charge in [0, 0.05) is 12.1 Å². The maximum atomic E-state index is 11.9. The third-order valence-electron chi connectivity index (χ3n) is 4.08. The molecule has 2 N–H and O–H groups in total. The third kappa shape index (κ3) is 10.4. The molecule has 0 aromatic heterocycles. The van der Waals surface area contributed by atoms with Gasteiger partial charge in [-0.1, -0.05) is 51.2 Å². The standard InChI is InChI=1S/C21H31NO3/c1-2-3-4-5-6-7-8-9-10-11-12-13-20(23)22-19-16-14-18(15-17-19)21(24)25/h5-6,14-17H,2-4,7-13H2,1H3,(H,22,23)(H,24,25)/b6-5-. The van der Waals surface area contributed by atoms with Crippen molar-refractivity contribution in [1.82, 2.24) is 0 Å². The van der Waals surface area contributed by atoms with Crippen LogP contribution in [-0.4, -0.2) is 17.0 Å². The molecule has 0 saturated heterocycles. The van der Waals surface area contributed by atoms with E-state index in [1.165, 1.54) is 50.7 Å². The van der Waals surface area contributed by atoms with Crippen LogP contribution in [0.1, 0.15) is 81.5 Å². The Hall–Kier alpha value is -2.10. The molecule has 0 unspecified atom stereocenters. The molecule has 4 heteroatoms. The monoisotopic (exact) mass is 345 g/mol. The van der Waals surface area contributed by atoms with Gasteiger partial charge in [0.05, 0.1) is 5.56 Å². The van der Waals surface area contributed by atoms with Gasteiger partial charge in [-0.25, -0.2) is 4.79 Å². The molecule has 0 heterocycles. The van der Waals surface area contributed by atoms with E-state index >= 15 is 0 Å². The van der Waals surface area contributed by atoms with Crippen molar-refractivity contribution in [2.75, 3.05) is 5.32 Å². The number of rotatable bonds is 13. The summed E-state index contributed by atoms with van der Waals surface area (Å²) in [5.41, 5.74) is 0.864. The molecule has 0 aliphatic rings. The summed E-state index contributed by atoms with van der Waals surface area (Å²) < 4.78 is 0. The maximum absolute atomic E-state index is 11.9. The van der Waals surface area contributed by atoms with E-state index in [1.54, 1.807) is 12.1 Å². The van der Waals surface area contributed by atoms with Crippen LogP contribution in [0.25, 0.3) is 0 Å². The Morgan fingerprint density at radius 3 is 2.16 bits per heavy atom. The first-order chi connectivity index (χ1) is 12.1. The van der Waals surface area contributed by atoms with Gasteiger partial charge in [0.15, 0.2) is 0 Å². The first-order valence-corrected chi connectivity index (χ1v) is 9.41. The highest BCUT2D eigenvalue weighted by Gasteiger charge is 2.04. The van der Waals surface area contributed by atoms with Crippen LogP contribution < -0.4 is 5.32 Å². The Kier molecular flexibility index (Phi) is 11.1. The largest absolute Gasteiger partial charge is 0.478 e. The quantitative estimate of drug-likeness (QED) is 0.351. The summed E-state index contributed by atoms with van der Waals surface area (Å²) in [6.07, 6.45) is 15.6. The number of hydrogen-bond donors (Lipinski definition) is 2. The minimum Gasteiger partial charge on any atom is -0.478 e. The number of unbranched alkanes of at least 4 members (excludes halogenated alkanes) is 7. The highest BCUT2D eigenvalue weighted by atomic mass is 16.4. The molecule has 1 aromatic rings.